The highest BCUT2D eigenvalue weighted by atomic mass is 16.6. The van der Waals surface area contributed by atoms with E-state index in [1.807, 2.05) is 39.0 Å². The maximum absolute atomic E-state index is 12.3. The number of nitrogens with two attached hydrogens (primary N) is 1. The Morgan fingerprint density at radius 1 is 1.31 bits per heavy atom. The quantitative estimate of drug-likeness (QED) is 0.909. The molecule has 2 N–H and O–H groups in total. The van der Waals surface area contributed by atoms with Crippen molar-refractivity contribution in [3.05, 3.63) is 24.0 Å². The molecule has 0 radical (unpaired) electrons. The summed E-state index contributed by atoms with van der Waals surface area (Å²) in [5.74, 6) is 1.66. The van der Waals surface area contributed by atoms with Crippen LogP contribution in [-0.4, -0.2) is 46.3 Å². The van der Waals surface area contributed by atoms with Gasteiger partial charge in [0.05, 0.1) is 24.7 Å². The number of fused-ring (bicyclic) bond motifs is 1. The van der Waals surface area contributed by atoms with Gasteiger partial charge in [-0.3, -0.25) is 0 Å². The molecule has 0 aliphatic carbocycles. The highest BCUT2D eigenvalue weighted by molar-refractivity contribution is 5.78. The summed E-state index contributed by atoms with van der Waals surface area (Å²) in [4.78, 5) is 18.7. The average Bonchev–Trinajstić information content (AvgIpc) is 2.97. The smallest absolute Gasteiger partial charge is 0.410 e. The predicted molar refractivity (Wildman–Crippen MR) is 100 cm³/mol. The average molecular weight is 360 g/mol. The zero-order valence-corrected chi connectivity index (χ0v) is 16.0. The number of amides is 1. The van der Waals surface area contributed by atoms with Gasteiger partial charge in [0.2, 0.25) is 0 Å². The Hall–Kier alpha value is -2.28. The molecular weight excluding hydrogens is 332 g/mol. The van der Waals surface area contributed by atoms with Crippen molar-refractivity contribution < 1.29 is 14.3 Å². The number of imidazole rings is 1. The van der Waals surface area contributed by atoms with Crippen LogP contribution >= 0.6 is 0 Å². The molecule has 142 valence electrons. The largest absolute Gasteiger partial charge is 0.497 e. The van der Waals surface area contributed by atoms with Crippen molar-refractivity contribution >= 4 is 17.1 Å². The van der Waals surface area contributed by atoms with Gasteiger partial charge < -0.3 is 24.7 Å². The lowest BCUT2D eigenvalue weighted by molar-refractivity contribution is 0.0189. The Labute approximate surface area is 154 Å². The number of hydrogen-bond acceptors (Lipinski definition) is 5. The van der Waals surface area contributed by atoms with Crippen LogP contribution in [0, 0.1) is 0 Å². The molecule has 0 saturated carbocycles. The summed E-state index contributed by atoms with van der Waals surface area (Å²) in [5.41, 5.74) is 7.41. The van der Waals surface area contributed by atoms with E-state index in [1.54, 1.807) is 12.0 Å². The van der Waals surface area contributed by atoms with E-state index in [-0.39, 0.29) is 12.1 Å². The fraction of sp³-hybridized carbons (Fsp3) is 0.579. The summed E-state index contributed by atoms with van der Waals surface area (Å²) in [6.07, 6.45) is 1.44. The summed E-state index contributed by atoms with van der Waals surface area (Å²) in [7, 11) is 1.66. The van der Waals surface area contributed by atoms with Gasteiger partial charge in [0.25, 0.3) is 0 Å². The van der Waals surface area contributed by atoms with Gasteiger partial charge in [-0.1, -0.05) is 0 Å². The van der Waals surface area contributed by atoms with Gasteiger partial charge in [0.15, 0.2) is 0 Å². The molecular formula is C19H28N4O3. The zero-order valence-electron chi connectivity index (χ0n) is 16.0. The van der Waals surface area contributed by atoms with E-state index in [1.165, 1.54) is 0 Å². The second-order valence-corrected chi connectivity index (χ2v) is 7.66. The third-order valence-corrected chi connectivity index (χ3v) is 4.63. The lowest BCUT2D eigenvalue weighted by Gasteiger charge is -2.34. The highest BCUT2D eigenvalue weighted by Gasteiger charge is 2.29. The number of piperidine rings is 1. The Morgan fingerprint density at radius 2 is 2.00 bits per heavy atom. The number of carbonyl (C=O) groups is 1. The summed E-state index contributed by atoms with van der Waals surface area (Å²) >= 11 is 0. The number of hydrogen-bond donors (Lipinski definition) is 1. The van der Waals surface area contributed by atoms with Crippen molar-refractivity contribution in [3.63, 3.8) is 0 Å². The summed E-state index contributed by atoms with van der Waals surface area (Å²) in [5, 5.41) is 0. The first-order valence-electron chi connectivity index (χ1n) is 9.05. The number of ether oxygens (including phenoxy) is 2. The number of benzene rings is 1. The highest BCUT2D eigenvalue weighted by Crippen LogP contribution is 2.31. The second kappa shape index (κ2) is 7.15. The van der Waals surface area contributed by atoms with E-state index in [0.717, 1.165) is 35.4 Å². The van der Waals surface area contributed by atoms with Gasteiger partial charge in [-0.15, -0.1) is 0 Å². The Balaban J connectivity index is 1.80. The Morgan fingerprint density at radius 3 is 2.58 bits per heavy atom. The number of nitrogens with zero attached hydrogens (tertiary/aromatic N) is 3. The van der Waals surface area contributed by atoms with Gasteiger partial charge in [-0.2, -0.15) is 0 Å². The van der Waals surface area contributed by atoms with Crippen LogP contribution in [-0.2, 0) is 11.3 Å². The van der Waals surface area contributed by atoms with Gasteiger partial charge in [-0.05, 0) is 45.7 Å². The van der Waals surface area contributed by atoms with Crippen molar-refractivity contribution in [3.8, 4) is 5.75 Å². The molecule has 26 heavy (non-hydrogen) atoms. The minimum absolute atomic E-state index is 0.243. The molecule has 0 bridgehead atoms. The summed E-state index contributed by atoms with van der Waals surface area (Å²) in [6.45, 7) is 7.35. The number of aromatic nitrogens is 2. The maximum atomic E-state index is 12.3. The minimum Gasteiger partial charge on any atom is -0.497 e. The predicted octanol–water partition coefficient (Wildman–Crippen LogP) is 3.08. The van der Waals surface area contributed by atoms with Crippen molar-refractivity contribution in [1.82, 2.24) is 14.5 Å². The Kier molecular flexibility index (Phi) is 5.09. The van der Waals surface area contributed by atoms with Crippen LogP contribution in [0.25, 0.3) is 11.0 Å². The molecule has 1 saturated heterocycles. The van der Waals surface area contributed by atoms with E-state index < -0.39 is 5.60 Å². The number of methoxy groups -OCH3 is 1. The van der Waals surface area contributed by atoms with Crippen molar-refractivity contribution in [2.75, 3.05) is 20.2 Å². The monoisotopic (exact) mass is 360 g/mol. The maximum Gasteiger partial charge on any atom is 0.410 e. The van der Waals surface area contributed by atoms with E-state index in [9.17, 15) is 4.79 Å². The Bertz CT molecular complexity index is 786. The zero-order chi connectivity index (χ0) is 18.9. The number of rotatable bonds is 3. The van der Waals surface area contributed by atoms with Crippen LogP contribution in [0.4, 0.5) is 4.79 Å². The van der Waals surface area contributed by atoms with E-state index in [2.05, 4.69) is 9.55 Å². The van der Waals surface area contributed by atoms with Gasteiger partial charge in [0, 0.05) is 25.2 Å². The van der Waals surface area contributed by atoms with Crippen LogP contribution in [0.2, 0.25) is 0 Å². The fourth-order valence-electron chi connectivity index (χ4n) is 3.43. The molecule has 1 aliphatic heterocycles. The van der Waals surface area contributed by atoms with Crippen LogP contribution in [0.1, 0.15) is 45.5 Å². The molecule has 7 heteroatoms. The van der Waals surface area contributed by atoms with Gasteiger partial charge in [-0.25, -0.2) is 9.78 Å². The number of carbonyl (C=O) groups excluding carboxylic acids is 1. The van der Waals surface area contributed by atoms with Crippen molar-refractivity contribution in [2.45, 2.75) is 51.8 Å². The van der Waals surface area contributed by atoms with Crippen LogP contribution in [0.3, 0.4) is 0 Å². The lowest BCUT2D eigenvalue weighted by Crippen LogP contribution is -2.42. The molecule has 7 nitrogen and oxygen atoms in total. The number of likely N-dealkylation sites (tertiary alicyclic amines) is 1. The first-order valence-corrected chi connectivity index (χ1v) is 9.05. The van der Waals surface area contributed by atoms with E-state index in [4.69, 9.17) is 15.2 Å². The third kappa shape index (κ3) is 3.77. The fourth-order valence-corrected chi connectivity index (χ4v) is 3.43. The minimum atomic E-state index is -0.474. The summed E-state index contributed by atoms with van der Waals surface area (Å²) in [6, 6.07) is 6.12. The van der Waals surface area contributed by atoms with E-state index >= 15 is 0 Å². The third-order valence-electron chi connectivity index (χ3n) is 4.63. The van der Waals surface area contributed by atoms with Gasteiger partial charge >= 0.3 is 6.09 Å². The van der Waals surface area contributed by atoms with Crippen molar-refractivity contribution in [1.29, 1.82) is 0 Å². The molecule has 1 aliphatic rings. The normalized spacial score (nSPS) is 16.1. The molecule has 1 aromatic heterocycles. The second-order valence-electron chi connectivity index (χ2n) is 7.66. The molecule has 1 aromatic carbocycles. The van der Waals surface area contributed by atoms with Crippen LogP contribution < -0.4 is 10.5 Å². The van der Waals surface area contributed by atoms with Gasteiger partial charge in [0.1, 0.15) is 17.2 Å². The molecule has 2 aromatic rings. The molecule has 1 amide bonds. The molecule has 0 unspecified atom stereocenters. The standard InChI is InChI=1S/C19H28N4O3/c1-19(2,3)26-18(24)22-9-7-13(8-10-22)23-16-11-14(25-4)5-6-15(16)21-17(23)12-20/h5-6,11,13H,7-10,12,20H2,1-4H3. The molecule has 2 heterocycles. The summed E-state index contributed by atoms with van der Waals surface area (Å²) < 4.78 is 13.1. The molecule has 0 spiro atoms. The first-order chi connectivity index (χ1) is 12.3. The molecule has 1 fully saturated rings. The van der Waals surface area contributed by atoms with Crippen molar-refractivity contribution in [2.24, 2.45) is 5.73 Å². The molecule has 3 rings (SSSR count). The van der Waals surface area contributed by atoms with E-state index in [0.29, 0.717) is 19.6 Å². The first kappa shape index (κ1) is 18.5. The SMILES string of the molecule is COc1ccc2nc(CN)n(C3CCN(C(=O)OC(C)(C)C)CC3)c2c1. The topological polar surface area (TPSA) is 82.6 Å². The van der Waals surface area contributed by atoms with Crippen LogP contribution in [0.15, 0.2) is 18.2 Å². The molecule has 0 atom stereocenters. The van der Waals surface area contributed by atoms with Crippen LogP contribution in [0.5, 0.6) is 5.75 Å². The lowest BCUT2D eigenvalue weighted by atomic mass is 10.0.